The molecule has 2 aromatic carbocycles. The number of hydrogen-bond acceptors (Lipinski definition) is 2. The highest BCUT2D eigenvalue weighted by Gasteiger charge is 2.42. The lowest BCUT2D eigenvalue weighted by Gasteiger charge is -2.24. The SMILES string of the molecule is O=C(c1cccc(Cl)c1)N1CC(C(=O)N2CCCC2)C(c2ccc(F)cc2)C1. The van der Waals surface area contributed by atoms with Crippen LogP contribution >= 0.6 is 11.6 Å². The summed E-state index contributed by atoms with van der Waals surface area (Å²) in [5, 5.41) is 0.504. The van der Waals surface area contributed by atoms with E-state index in [1.54, 1.807) is 41.3 Å². The number of hydrogen-bond donors (Lipinski definition) is 0. The minimum Gasteiger partial charge on any atom is -0.342 e. The molecule has 28 heavy (non-hydrogen) atoms. The summed E-state index contributed by atoms with van der Waals surface area (Å²) in [5.74, 6) is -0.806. The first kappa shape index (κ1) is 18.9. The first-order chi connectivity index (χ1) is 13.5. The van der Waals surface area contributed by atoms with E-state index in [0.717, 1.165) is 31.5 Å². The average Bonchev–Trinajstić information content (AvgIpc) is 3.38. The van der Waals surface area contributed by atoms with Crippen LogP contribution in [-0.4, -0.2) is 47.8 Å². The molecule has 0 radical (unpaired) electrons. The van der Waals surface area contributed by atoms with Crippen LogP contribution in [0.25, 0.3) is 0 Å². The van der Waals surface area contributed by atoms with Crippen molar-refractivity contribution in [3.05, 3.63) is 70.5 Å². The molecule has 0 spiro atoms. The topological polar surface area (TPSA) is 40.6 Å². The number of nitrogens with zero attached hydrogens (tertiary/aromatic N) is 2. The van der Waals surface area contributed by atoms with Crippen LogP contribution in [0.2, 0.25) is 5.02 Å². The van der Waals surface area contributed by atoms with Crippen LogP contribution in [-0.2, 0) is 4.79 Å². The highest BCUT2D eigenvalue weighted by molar-refractivity contribution is 6.30. The summed E-state index contributed by atoms with van der Waals surface area (Å²) in [5.41, 5.74) is 1.40. The largest absolute Gasteiger partial charge is 0.342 e. The van der Waals surface area contributed by atoms with E-state index in [2.05, 4.69) is 0 Å². The van der Waals surface area contributed by atoms with Crippen molar-refractivity contribution in [2.24, 2.45) is 5.92 Å². The van der Waals surface area contributed by atoms with Gasteiger partial charge in [-0.15, -0.1) is 0 Å². The van der Waals surface area contributed by atoms with Crippen molar-refractivity contribution in [1.29, 1.82) is 0 Å². The van der Waals surface area contributed by atoms with Crippen molar-refractivity contribution in [2.45, 2.75) is 18.8 Å². The zero-order valence-electron chi connectivity index (χ0n) is 15.5. The lowest BCUT2D eigenvalue weighted by atomic mass is 9.88. The standard InChI is InChI=1S/C22H22ClFN2O2/c23-17-5-3-4-16(12-17)21(27)26-13-19(15-6-8-18(24)9-7-15)20(14-26)22(28)25-10-1-2-11-25/h3-9,12,19-20H,1-2,10-11,13-14H2. The summed E-state index contributed by atoms with van der Waals surface area (Å²) >= 11 is 6.03. The second kappa shape index (κ2) is 7.92. The molecule has 4 nitrogen and oxygen atoms in total. The first-order valence-corrected chi connectivity index (χ1v) is 10.00. The molecule has 2 aliphatic heterocycles. The molecule has 2 saturated heterocycles. The molecule has 4 rings (SSSR count). The Hall–Kier alpha value is -2.40. The summed E-state index contributed by atoms with van der Waals surface area (Å²) in [4.78, 5) is 29.8. The smallest absolute Gasteiger partial charge is 0.253 e. The molecule has 0 bridgehead atoms. The van der Waals surface area contributed by atoms with E-state index in [9.17, 15) is 14.0 Å². The number of halogens is 2. The summed E-state index contributed by atoms with van der Waals surface area (Å²) in [6.45, 7) is 2.34. The number of amides is 2. The molecule has 2 aliphatic rings. The van der Waals surface area contributed by atoms with Gasteiger partial charge in [-0.05, 0) is 48.7 Å². The lowest BCUT2D eigenvalue weighted by Crippen LogP contribution is -2.37. The predicted molar refractivity (Wildman–Crippen MR) is 106 cm³/mol. The van der Waals surface area contributed by atoms with Gasteiger partial charge in [0.15, 0.2) is 0 Å². The monoisotopic (exact) mass is 400 g/mol. The maximum Gasteiger partial charge on any atom is 0.253 e. The fraction of sp³-hybridized carbons (Fsp3) is 0.364. The van der Waals surface area contributed by atoms with Gasteiger partial charge in [-0.2, -0.15) is 0 Å². The third-order valence-electron chi connectivity index (χ3n) is 5.71. The van der Waals surface area contributed by atoms with E-state index in [4.69, 9.17) is 11.6 Å². The lowest BCUT2D eigenvalue weighted by molar-refractivity contribution is -0.134. The van der Waals surface area contributed by atoms with Crippen molar-refractivity contribution in [3.63, 3.8) is 0 Å². The number of likely N-dealkylation sites (tertiary alicyclic amines) is 2. The maximum absolute atomic E-state index is 13.4. The van der Waals surface area contributed by atoms with Crippen molar-refractivity contribution in [3.8, 4) is 0 Å². The van der Waals surface area contributed by atoms with Crippen LogP contribution in [0.1, 0.15) is 34.7 Å². The molecular weight excluding hydrogens is 379 g/mol. The molecule has 0 N–H and O–H groups in total. The van der Waals surface area contributed by atoms with Crippen LogP contribution in [0, 0.1) is 11.7 Å². The van der Waals surface area contributed by atoms with Gasteiger partial charge in [0.25, 0.3) is 5.91 Å². The summed E-state index contributed by atoms with van der Waals surface area (Å²) < 4.78 is 13.4. The van der Waals surface area contributed by atoms with Crippen molar-refractivity contribution < 1.29 is 14.0 Å². The molecular formula is C22H22ClFN2O2. The molecule has 6 heteroatoms. The Bertz CT molecular complexity index is 880. The highest BCUT2D eigenvalue weighted by atomic mass is 35.5. The first-order valence-electron chi connectivity index (χ1n) is 9.62. The van der Waals surface area contributed by atoms with Gasteiger partial charge >= 0.3 is 0 Å². The van der Waals surface area contributed by atoms with Gasteiger partial charge in [-0.25, -0.2) is 4.39 Å². The third-order valence-corrected chi connectivity index (χ3v) is 5.95. The second-order valence-corrected chi connectivity index (χ2v) is 7.95. The molecule has 2 unspecified atom stereocenters. The Labute approximate surface area is 168 Å². The molecule has 2 fully saturated rings. The fourth-order valence-corrected chi connectivity index (χ4v) is 4.43. The van der Waals surface area contributed by atoms with E-state index < -0.39 is 0 Å². The van der Waals surface area contributed by atoms with Gasteiger partial charge < -0.3 is 9.80 Å². The Balaban J connectivity index is 1.61. The Kier molecular flexibility index (Phi) is 5.36. The van der Waals surface area contributed by atoms with Gasteiger partial charge in [-0.3, -0.25) is 9.59 Å². The minimum atomic E-state index is -0.313. The van der Waals surface area contributed by atoms with Gasteiger partial charge in [0, 0.05) is 42.7 Å². The summed E-state index contributed by atoms with van der Waals surface area (Å²) in [6.07, 6.45) is 2.04. The molecule has 2 aromatic rings. The molecule has 0 aliphatic carbocycles. The average molecular weight is 401 g/mol. The van der Waals surface area contributed by atoms with Crippen LogP contribution < -0.4 is 0 Å². The van der Waals surface area contributed by atoms with E-state index in [1.165, 1.54) is 12.1 Å². The predicted octanol–water partition coefficient (Wildman–Crippen LogP) is 3.96. The Morgan fingerprint density at radius 2 is 1.68 bits per heavy atom. The fourth-order valence-electron chi connectivity index (χ4n) is 4.24. The Morgan fingerprint density at radius 1 is 0.964 bits per heavy atom. The van der Waals surface area contributed by atoms with E-state index in [1.807, 2.05) is 4.90 Å². The maximum atomic E-state index is 13.4. The minimum absolute atomic E-state index is 0.0909. The number of carbonyl (C=O) groups excluding carboxylic acids is 2. The van der Waals surface area contributed by atoms with Crippen LogP contribution in [0.15, 0.2) is 48.5 Å². The molecule has 0 saturated carbocycles. The van der Waals surface area contributed by atoms with Crippen LogP contribution in [0.5, 0.6) is 0 Å². The number of benzene rings is 2. The van der Waals surface area contributed by atoms with Crippen molar-refractivity contribution in [1.82, 2.24) is 9.80 Å². The van der Waals surface area contributed by atoms with E-state index in [0.29, 0.717) is 23.7 Å². The summed E-state index contributed by atoms with van der Waals surface area (Å²) in [7, 11) is 0. The van der Waals surface area contributed by atoms with Gasteiger partial charge in [-0.1, -0.05) is 29.8 Å². The van der Waals surface area contributed by atoms with E-state index in [-0.39, 0.29) is 29.5 Å². The molecule has 146 valence electrons. The summed E-state index contributed by atoms with van der Waals surface area (Å²) in [6, 6.07) is 13.1. The van der Waals surface area contributed by atoms with Gasteiger partial charge in [0.05, 0.1) is 5.92 Å². The van der Waals surface area contributed by atoms with Crippen molar-refractivity contribution in [2.75, 3.05) is 26.2 Å². The quantitative estimate of drug-likeness (QED) is 0.782. The second-order valence-electron chi connectivity index (χ2n) is 7.52. The van der Waals surface area contributed by atoms with Gasteiger partial charge in [0.1, 0.15) is 5.82 Å². The third kappa shape index (κ3) is 3.76. The zero-order chi connectivity index (χ0) is 19.7. The van der Waals surface area contributed by atoms with Crippen LogP contribution in [0.4, 0.5) is 4.39 Å². The zero-order valence-corrected chi connectivity index (χ0v) is 16.2. The van der Waals surface area contributed by atoms with E-state index >= 15 is 0 Å². The molecule has 2 atom stereocenters. The Morgan fingerprint density at radius 3 is 2.36 bits per heavy atom. The number of carbonyl (C=O) groups is 2. The molecule has 2 amide bonds. The van der Waals surface area contributed by atoms with Crippen LogP contribution in [0.3, 0.4) is 0 Å². The molecule has 0 aromatic heterocycles. The number of rotatable bonds is 3. The van der Waals surface area contributed by atoms with Gasteiger partial charge in [0.2, 0.25) is 5.91 Å². The highest BCUT2D eigenvalue weighted by Crippen LogP contribution is 2.35. The normalized spacial score (nSPS) is 21.9. The molecule has 2 heterocycles. The van der Waals surface area contributed by atoms with Crippen molar-refractivity contribution >= 4 is 23.4 Å².